The second-order valence-corrected chi connectivity index (χ2v) is 14.1. The van der Waals surface area contributed by atoms with Gasteiger partial charge in [0.1, 0.15) is 0 Å². The molecule has 9 aromatic carbocycles. The van der Waals surface area contributed by atoms with Gasteiger partial charge in [-0.3, -0.25) is 0 Å². The van der Waals surface area contributed by atoms with E-state index in [-0.39, 0.29) is 0 Å². The van der Waals surface area contributed by atoms with Crippen LogP contribution >= 0.6 is 0 Å². The molecule has 0 spiro atoms. The number of rotatable bonds is 8. The Morgan fingerprint density at radius 1 is 0.304 bits per heavy atom. The van der Waals surface area contributed by atoms with Gasteiger partial charge in [-0.2, -0.15) is 0 Å². The molecule has 0 bridgehead atoms. The third-order valence-corrected chi connectivity index (χ3v) is 10.8. The molecule has 0 atom stereocenters. The molecule has 0 fully saturated rings. The van der Waals surface area contributed by atoms with Crippen molar-refractivity contribution in [2.75, 3.05) is 4.90 Å². The molecule has 0 radical (unpaired) electrons. The van der Waals surface area contributed by atoms with E-state index in [1.807, 2.05) is 0 Å². The largest absolute Gasteiger partial charge is 0.310 e. The summed E-state index contributed by atoms with van der Waals surface area (Å²) < 4.78 is 2.38. The summed E-state index contributed by atoms with van der Waals surface area (Å²) in [6.45, 7) is 0. The summed E-state index contributed by atoms with van der Waals surface area (Å²) in [5, 5.41) is 2.51. The fraction of sp³-hybridized carbons (Fsp3) is 0. The Balaban J connectivity index is 1.17. The highest BCUT2D eigenvalue weighted by atomic mass is 15.1. The molecule has 2 nitrogen and oxygen atoms in total. The van der Waals surface area contributed by atoms with E-state index in [1.54, 1.807) is 0 Å². The second kappa shape index (κ2) is 14.4. The van der Waals surface area contributed by atoms with Crippen LogP contribution in [0.15, 0.2) is 231 Å². The van der Waals surface area contributed by atoms with Crippen LogP contribution in [0.3, 0.4) is 0 Å². The van der Waals surface area contributed by atoms with Crippen LogP contribution in [-0.4, -0.2) is 4.57 Å². The van der Waals surface area contributed by atoms with Crippen molar-refractivity contribution < 1.29 is 0 Å². The fourth-order valence-corrected chi connectivity index (χ4v) is 8.35. The molecule has 0 amide bonds. The monoisotopic (exact) mass is 714 g/mol. The maximum atomic E-state index is 2.41. The van der Waals surface area contributed by atoms with Crippen LogP contribution in [0.5, 0.6) is 0 Å². The van der Waals surface area contributed by atoms with Gasteiger partial charge in [0.15, 0.2) is 0 Å². The Kier molecular flexibility index (Phi) is 8.55. The van der Waals surface area contributed by atoms with Crippen molar-refractivity contribution in [2.45, 2.75) is 0 Å². The number of anilines is 3. The van der Waals surface area contributed by atoms with Crippen LogP contribution in [0.1, 0.15) is 0 Å². The summed E-state index contributed by atoms with van der Waals surface area (Å²) in [5.41, 5.74) is 16.4. The number of benzene rings is 9. The van der Waals surface area contributed by atoms with Crippen molar-refractivity contribution >= 4 is 38.9 Å². The third-order valence-electron chi connectivity index (χ3n) is 10.8. The van der Waals surface area contributed by atoms with Gasteiger partial charge in [0.2, 0.25) is 0 Å². The number of nitrogens with zero attached hydrogens (tertiary/aromatic N) is 2. The first-order valence-electron chi connectivity index (χ1n) is 19.2. The number of fused-ring (bicyclic) bond motifs is 3. The summed E-state index contributed by atoms with van der Waals surface area (Å²) in [5.74, 6) is 0. The van der Waals surface area contributed by atoms with Gasteiger partial charge < -0.3 is 9.47 Å². The molecule has 0 saturated carbocycles. The summed E-state index contributed by atoms with van der Waals surface area (Å²) in [6.07, 6.45) is 0. The van der Waals surface area contributed by atoms with Crippen molar-refractivity contribution in [3.63, 3.8) is 0 Å². The molecule has 0 aliphatic rings. The van der Waals surface area contributed by atoms with Crippen molar-refractivity contribution in [3.05, 3.63) is 231 Å². The molecule has 0 saturated heterocycles. The van der Waals surface area contributed by atoms with Crippen LogP contribution < -0.4 is 4.90 Å². The van der Waals surface area contributed by atoms with Gasteiger partial charge in [-0.15, -0.1) is 0 Å². The van der Waals surface area contributed by atoms with Crippen molar-refractivity contribution in [1.82, 2.24) is 4.57 Å². The van der Waals surface area contributed by atoms with Gasteiger partial charge in [0.25, 0.3) is 0 Å². The van der Waals surface area contributed by atoms with Crippen LogP contribution in [0.4, 0.5) is 17.1 Å². The van der Waals surface area contributed by atoms with Gasteiger partial charge in [-0.25, -0.2) is 0 Å². The molecule has 2 heteroatoms. The Labute approximate surface area is 327 Å². The van der Waals surface area contributed by atoms with Crippen molar-refractivity contribution in [1.29, 1.82) is 0 Å². The lowest BCUT2D eigenvalue weighted by atomic mass is 9.87. The highest BCUT2D eigenvalue weighted by Crippen LogP contribution is 2.48. The Morgan fingerprint density at radius 2 is 0.786 bits per heavy atom. The summed E-state index contributed by atoms with van der Waals surface area (Å²) in [4.78, 5) is 2.41. The predicted molar refractivity (Wildman–Crippen MR) is 237 cm³/mol. The first-order chi connectivity index (χ1) is 27.8. The molecule has 56 heavy (non-hydrogen) atoms. The molecule has 0 N–H and O–H groups in total. The molecule has 1 aromatic heterocycles. The maximum Gasteiger partial charge on any atom is 0.0547 e. The van der Waals surface area contributed by atoms with Gasteiger partial charge in [0.05, 0.1) is 16.7 Å². The summed E-state index contributed by atoms with van der Waals surface area (Å²) >= 11 is 0. The van der Waals surface area contributed by atoms with E-state index in [9.17, 15) is 0 Å². The van der Waals surface area contributed by atoms with Crippen LogP contribution in [-0.2, 0) is 0 Å². The topological polar surface area (TPSA) is 8.17 Å². The second-order valence-electron chi connectivity index (χ2n) is 14.1. The number of hydrogen-bond acceptors (Lipinski definition) is 1. The average molecular weight is 715 g/mol. The maximum absolute atomic E-state index is 2.41. The van der Waals surface area contributed by atoms with Crippen molar-refractivity contribution in [3.8, 4) is 50.2 Å². The third kappa shape index (κ3) is 5.85. The Bertz CT molecular complexity index is 2930. The van der Waals surface area contributed by atoms with E-state index >= 15 is 0 Å². The van der Waals surface area contributed by atoms with Crippen LogP contribution in [0, 0.1) is 0 Å². The van der Waals surface area contributed by atoms with Crippen LogP contribution in [0.2, 0.25) is 0 Å². The van der Waals surface area contributed by atoms with Gasteiger partial charge in [-0.05, 0) is 93.5 Å². The standard InChI is InChI=1S/C54H38N2/c1-5-19-39(20-6-1)45-27-13-14-28-48(45)53-46(40-21-7-2-8-22-40)30-17-33-51(53)55(42-23-9-3-10-24-42)44-37-35-41(36-38-44)47-31-18-34-52-54(47)49-29-15-16-32-50(49)56(52)43-25-11-4-12-26-43/h1-38H. The molecular weight excluding hydrogens is 677 g/mol. The molecule has 264 valence electrons. The minimum atomic E-state index is 1.09. The molecule has 10 aromatic rings. The zero-order valence-electron chi connectivity index (χ0n) is 30.8. The summed E-state index contributed by atoms with van der Waals surface area (Å²) in [7, 11) is 0. The van der Waals surface area contributed by atoms with E-state index in [1.165, 1.54) is 66.3 Å². The van der Waals surface area contributed by atoms with Gasteiger partial charge in [0, 0.05) is 33.4 Å². The van der Waals surface area contributed by atoms with Crippen LogP contribution in [0.25, 0.3) is 72.0 Å². The number of aromatic nitrogens is 1. The zero-order chi connectivity index (χ0) is 37.3. The lowest BCUT2D eigenvalue weighted by Crippen LogP contribution is -2.12. The van der Waals surface area contributed by atoms with Gasteiger partial charge >= 0.3 is 0 Å². The number of para-hydroxylation sites is 3. The average Bonchev–Trinajstić information content (AvgIpc) is 3.63. The quantitative estimate of drug-likeness (QED) is 0.152. The van der Waals surface area contributed by atoms with E-state index in [0.717, 1.165) is 22.7 Å². The first kappa shape index (κ1) is 33.2. The highest BCUT2D eigenvalue weighted by Gasteiger charge is 2.23. The molecule has 0 unspecified atom stereocenters. The Morgan fingerprint density at radius 3 is 1.50 bits per heavy atom. The lowest BCUT2D eigenvalue weighted by Gasteiger charge is -2.30. The minimum absolute atomic E-state index is 1.09. The lowest BCUT2D eigenvalue weighted by molar-refractivity contribution is 1.18. The van der Waals surface area contributed by atoms with Gasteiger partial charge in [-0.1, -0.05) is 176 Å². The highest BCUT2D eigenvalue weighted by molar-refractivity contribution is 6.16. The Hall–Kier alpha value is -7.42. The van der Waals surface area contributed by atoms with E-state index in [2.05, 4.69) is 240 Å². The van der Waals surface area contributed by atoms with E-state index < -0.39 is 0 Å². The molecule has 10 rings (SSSR count). The van der Waals surface area contributed by atoms with E-state index in [0.29, 0.717) is 0 Å². The summed E-state index contributed by atoms with van der Waals surface area (Å²) in [6, 6.07) is 83.0. The predicted octanol–water partition coefficient (Wildman–Crippen LogP) is 14.9. The zero-order valence-corrected chi connectivity index (χ0v) is 30.8. The smallest absolute Gasteiger partial charge is 0.0547 e. The van der Waals surface area contributed by atoms with Crippen molar-refractivity contribution in [2.24, 2.45) is 0 Å². The first-order valence-corrected chi connectivity index (χ1v) is 19.2. The number of hydrogen-bond donors (Lipinski definition) is 0. The van der Waals surface area contributed by atoms with E-state index in [4.69, 9.17) is 0 Å². The SMILES string of the molecule is c1ccc(-c2ccccc2-c2c(-c3ccccc3)cccc2N(c2ccccc2)c2ccc(-c3cccc4c3c3ccccc3n4-c3ccccc3)cc2)cc1. The molecule has 1 heterocycles. The fourth-order valence-electron chi connectivity index (χ4n) is 8.35. The minimum Gasteiger partial charge on any atom is -0.310 e. The molecule has 0 aliphatic carbocycles. The molecule has 0 aliphatic heterocycles. The molecular formula is C54H38N2. The normalized spacial score (nSPS) is 11.2.